The van der Waals surface area contributed by atoms with Crippen LogP contribution >= 0.6 is 0 Å². The van der Waals surface area contributed by atoms with Crippen molar-refractivity contribution in [2.45, 2.75) is 40.7 Å². The number of nitrogens with zero attached hydrogens (tertiary/aromatic N) is 1. The summed E-state index contributed by atoms with van der Waals surface area (Å²) in [7, 11) is 1.48. The Morgan fingerprint density at radius 1 is 1.16 bits per heavy atom. The molecule has 31 heavy (non-hydrogen) atoms. The maximum atomic E-state index is 12.6. The second-order valence-corrected chi connectivity index (χ2v) is 7.50. The SMILES string of the molecule is CCN(CC)C/C=C/C(=O)NC/C=C/c1cc(OC)cc(O)c1C(=O)O[C@@H](C)C(C)C. The summed E-state index contributed by atoms with van der Waals surface area (Å²) in [5, 5.41) is 13.1. The monoisotopic (exact) mass is 432 g/mol. The highest BCUT2D eigenvalue weighted by atomic mass is 16.5. The van der Waals surface area contributed by atoms with Gasteiger partial charge in [-0.05, 0) is 37.6 Å². The van der Waals surface area contributed by atoms with E-state index in [0.717, 1.165) is 19.6 Å². The highest BCUT2D eigenvalue weighted by Gasteiger charge is 2.21. The van der Waals surface area contributed by atoms with Crippen molar-refractivity contribution >= 4 is 18.0 Å². The Morgan fingerprint density at radius 3 is 2.42 bits per heavy atom. The van der Waals surface area contributed by atoms with Gasteiger partial charge >= 0.3 is 5.97 Å². The number of likely N-dealkylation sites (N-methyl/N-ethyl adjacent to an activating group) is 1. The van der Waals surface area contributed by atoms with Crippen molar-refractivity contribution in [1.82, 2.24) is 10.2 Å². The Bertz CT molecular complexity index is 782. The molecular weight excluding hydrogens is 396 g/mol. The number of hydrogen-bond donors (Lipinski definition) is 2. The number of esters is 1. The summed E-state index contributed by atoms with van der Waals surface area (Å²) < 4.78 is 10.7. The van der Waals surface area contributed by atoms with Gasteiger partial charge in [0.2, 0.25) is 5.91 Å². The maximum Gasteiger partial charge on any atom is 0.342 e. The minimum absolute atomic E-state index is 0.0648. The molecule has 0 aromatic heterocycles. The first kappa shape index (κ1) is 26.2. The summed E-state index contributed by atoms with van der Waals surface area (Å²) in [6, 6.07) is 3.01. The van der Waals surface area contributed by atoms with E-state index in [1.54, 1.807) is 18.2 Å². The molecule has 1 atom stereocenters. The molecule has 1 rings (SSSR count). The lowest BCUT2D eigenvalue weighted by molar-refractivity contribution is -0.116. The number of nitrogens with one attached hydrogen (secondary N) is 1. The van der Waals surface area contributed by atoms with Gasteiger partial charge < -0.3 is 24.8 Å². The molecule has 2 N–H and O–H groups in total. The number of phenolic OH excluding ortho intramolecular Hbond substituents is 1. The third-order valence-corrected chi connectivity index (χ3v) is 5.01. The maximum absolute atomic E-state index is 12.6. The standard InChI is InChI=1S/C24H36N2O5/c1-7-26(8-2)14-10-12-22(28)25-13-9-11-19-15-20(30-6)16-21(27)23(19)24(29)31-18(5)17(3)4/h9-12,15-18,27H,7-8,13-14H2,1-6H3,(H,25,28)/b11-9+,12-10+/t18-/m0/s1. The highest BCUT2D eigenvalue weighted by molar-refractivity contribution is 5.97. The molecule has 0 saturated heterocycles. The number of phenols is 1. The van der Waals surface area contributed by atoms with E-state index in [9.17, 15) is 14.7 Å². The number of methoxy groups -OCH3 is 1. The van der Waals surface area contributed by atoms with E-state index in [1.165, 1.54) is 19.3 Å². The van der Waals surface area contributed by atoms with E-state index < -0.39 is 5.97 Å². The lowest BCUT2D eigenvalue weighted by Crippen LogP contribution is -2.24. The van der Waals surface area contributed by atoms with Gasteiger partial charge in [-0.2, -0.15) is 0 Å². The van der Waals surface area contributed by atoms with E-state index in [1.807, 2.05) is 26.8 Å². The largest absolute Gasteiger partial charge is 0.507 e. The molecule has 0 bridgehead atoms. The van der Waals surface area contributed by atoms with Crippen LogP contribution in [0.3, 0.4) is 0 Å². The van der Waals surface area contributed by atoms with Gasteiger partial charge in [0.05, 0.1) is 7.11 Å². The molecule has 0 heterocycles. The van der Waals surface area contributed by atoms with Gasteiger partial charge in [-0.1, -0.05) is 45.9 Å². The van der Waals surface area contributed by atoms with Gasteiger partial charge in [0, 0.05) is 25.2 Å². The quantitative estimate of drug-likeness (QED) is 0.387. The van der Waals surface area contributed by atoms with E-state index in [-0.39, 0.29) is 35.8 Å². The molecule has 0 fully saturated rings. The summed E-state index contributed by atoms with van der Waals surface area (Å²) in [6.07, 6.45) is 6.40. The fraction of sp³-hybridized carbons (Fsp3) is 0.500. The molecule has 0 aliphatic heterocycles. The lowest BCUT2D eigenvalue weighted by atomic mass is 10.0. The Kier molecular flexibility index (Phi) is 11.4. The fourth-order valence-corrected chi connectivity index (χ4v) is 2.65. The third kappa shape index (κ3) is 8.84. The molecule has 0 saturated carbocycles. The predicted octanol–water partition coefficient (Wildman–Crippen LogP) is 3.63. The van der Waals surface area contributed by atoms with Gasteiger partial charge in [-0.3, -0.25) is 4.79 Å². The number of aromatic hydroxyl groups is 1. The average Bonchev–Trinajstić information content (AvgIpc) is 2.73. The van der Waals surface area contributed by atoms with E-state index in [0.29, 0.717) is 11.3 Å². The smallest absolute Gasteiger partial charge is 0.342 e. The molecule has 0 aliphatic carbocycles. The van der Waals surface area contributed by atoms with E-state index in [2.05, 4.69) is 24.1 Å². The Hall–Kier alpha value is -2.80. The van der Waals surface area contributed by atoms with Gasteiger partial charge in [0.1, 0.15) is 23.2 Å². The van der Waals surface area contributed by atoms with Crippen molar-refractivity contribution in [1.29, 1.82) is 0 Å². The van der Waals surface area contributed by atoms with Gasteiger partial charge in [-0.25, -0.2) is 4.79 Å². The molecule has 1 aromatic rings. The average molecular weight is 433 g/mol. The number of carbonyl (C=O) groups is 2. The predicted molar refractivity (Wildman–Crippen MR) is 123 cm³/mol. The topological polar surface area (TPSA) is 88.1 Å². The van der Waals surface area contributed by atoms with E-state index >= 15 is 0 Å². The van der Waals surface area contributed by atoms with Crippen molar-refractivity contribution in [3.05, 3.63) is 41.5 Å². The number of carbonyl (C=O) groups excluding carboxylic acids is 2. The Balaban J connectivity index is 2.85. The number of benzene rings is 1. The van der Waals surface area contributed by atoms with Crippen molar-refractivity contribution in [3.8, 4) is 11.5 Å². The minimum Gasteiger partial charge on any atom is -0.507 e. The summed E-state index contributed by atoms with van der Waals surface area (Å²) in [5.41, 5.74) is 0.513. The number of rotatable bonds is 12. The fourth-order valence-electron chi connectivity index (χ4n) is 2.65. The summed E-state index contributed by atoms with van der Waals surface area (Å²) in [4.78, 5) is 26.8. The molecular formula is C24H36N2O5. The van der Waals surface area contributed by atoms with Crippen LogP contribution in [-0.2, 0) is 9.53 Å². The minimum atomic E-state index is -0.607. The van der Waals surface area contributed by atoms with Crippen LogP contribution in [0.5, 0.6) is 11.5 Å². The molecule has 0 aliphatic rings. The van der Waals surface area contributed by atoms with Crippen LogP contribution in [-0.4, -0.2) is 61.3 Å². The van der Waals surface area contributed by atoms with Gasteiger partial charge in [-0.15, -0.1) is 0 Å². The zero-order valence-electron chi connectivity index (χ0n) is 19.5. The van der Waals surface area contributed by atoms with Crippen LogP contribution in [0, 0.1) is 5.92 Å². The second kappa shape index (κ2) is 13.5. The summed E-state index contributed by atoms with van der Waals surface area (Å²) in [5.74, 6) is -0.467. The molecule has 172 valence electrons. The first-order valence-corrected chi connectivity index (χ1v) is 10.7. The molecule has 1 amide bonds. The lowest BCUT2D eigenvalue weighted by Gasteiger charge is -2.18. The van der Waals surface area contributed by atoms with E-state index in [4.69, 9.17) is 9.47 Å². The summed E-state index contributed by atoms with van der Waals surface area (Å²) >= 11 is 0. The normalized spacial score (nSPS) is 12.6. The molecule has 0 unspecified atom stereocenters. The number of hydrogen-bond acceptors (Lipinski definition) is 6. The number of ether oxygens (including phenoxy) is 2. The van der Waals surface area contributed by atoms with Crippen molar-refractivity contribution in [2.75, 3.05) is 33.3 Å². The second-order valence-electron chi connectivity index (χ2n) is 7.50. The molecule has 1 aromatic carbocycles. The van der Waals surface area contributed by atoms with Crippen LogP contribution in [0.1, 0.15) is 50.5 Å². The zero-order valence-corrected chi connectivity index (χ0v) is 19.5. The van der Waals surface area contributed by atoms with Crippen LogP contribution in [0.25, 0.3) is 6.08 Å². The molecule has 7 heteroatoms. The van der Waals surface area contributed by atoms with Crippen LogP contribution in [0.15, 0.2) is 30.4 Å². The summed E-state index contributed by atoms with van der Waals surface area (Å²) in [6.45, 7) is 12.7. The van der Waals surface area contributed by atoms with Gasteiger partial charge in [0.25, 0.3) is 0 Å². The van der Waals surface area contributed by atoms with Crippen LogP contribution in [0.4, 0.5) is 0 Å². The number of amides is 1. The third-order valence-electron chi connectivity index (χ3n) is 5.01. The van der Waals surface area contributed by atoms with Crippen molar-refractivity contribution in [2.24, 2.45) is 5.92 Å². The first-order chi connectivity index (χ1) is 14.7. The first-order valence-electron chi connectivity index (χ1n) is 10.7. The Labute approximate surface area is 185 Å². The molecule has 7 nitrogen and oxygen atoms in total. The van der Waals surface area contributed by atoms with Crippen molar-refractivity contribution < 1.29 is 24.2 Å². The van der Waals surface area contributed by atoms with Crippen LogP contribution in [0.2, 0.25) is 0 Å². The van der Waals surface area contributed by atoms with Crippen LogP contribution < -0.4 is 10.1 Å². The van der Waals surface area contributed by atoms with Gasteiger partial charge in [0.15, 0.2) is 0 Å². The Morgan fingerprint density at radius 2 is 1.84 bits per heavy atom. The zero-order chi connectivity index (χ0) is 23.4. The highest BCUT2D eigenvalue weighted by Crippen LogP contribution is 2.30. The molecule has 0 spiro atoms. The molecule has 0 radical (unpaired) electrons. The van der Waals surface area contributed by atoms with Crippen molar-refractivity contribution in [3.63, 3.8) is 0 Å².